The summed E-state index contributed by atoms with van der Waals surface area (Å²) in [4.78, 5) is 23.8. The van der Waals surface area contributed by atoms with Gasteiger partial charge in [-0.25, -0.2) is 4.79 Å². The van der Waals surface area contributed by atoms with E-state index >= 15 is 0 Å². The van der Waals surface area contributed by atoms with Crippen LogP contribution in [0.3, 0.4) is 0 Å². The number of urea groups is 1. The number of hydrogen-bond donors (Lipinski definition) is 4. The first-order valence-electron chi connectivity index (χ1n) is 15.3. The standard InChI is InChI=1S/C34H41N3O2.CH2O2/c38-33(35-23-22-34(39,26-9-3-1-4-10-26)27-11-5-2-6-12-27)36-28-17-15-25(16-18-28)21-24-37-31-19-20-32(37)30-14-8-7-13-29(30)31;2-1-3/h1-14,25,28,31-32,39H,15-24H2,(H2,35,36,38);1H,(H,2,3). The monoisotopic (exact) mass is 569 g/mol. The van der Waals surface area contributed by atoms with E-state index in [1.807, 2.05) is 60.7 Å². The van der Waals surface area contributed by atoms with Gasteiger partial charge in [0, 0.05) is 31.1 Å². The van der Waals surface area contributed by atoms with Crippen molar-refractivity contribution in [1.29, 1.82) is 0 Å². The molecule has 4 N–H and O–H groups in total. The molecule has 2 atom stereocenters. The normalized spacial score (nSPS) is 22.9. The maximum atomic E-state index is 12.7. The number of carbonyl (C=O) groups excluding carboxylic acids is 1. The van der Waals surface area contributed by atoms with Crippen LogP contribution in [0.5, 0.6) is 0 Å². The topological polar surface area (TPSA) is 102 Å². The Kier molecular flexibility index (Phi) is 9.93. The number of aliphatic hydroxyl groups is 1. The van der Waals surface area contributed by atoms with Crippen LogP contribution in [0, 0.1) is 5.92 Å². The molecule has 1 aliphatic carbocycles. The van der Waals surface area contributed by atoms with Crippen molar-refractivity contribution in [1.82, 2.24) is 15.5 Å². The SMILES string of the molecule is O=C(NCCC(O)(c1ccccc1)c1ccccc1)NC1CCC(CCN2C3CCC2c2ccccc23)CC1.O=CO. The van der Waals surface area contributed by atoms with Crippen LogP contribution >= 0.6 is 0 Å². The molecule has 2 unspecified atom stereocenters. The molecule has 0 aromatic heterocycles. The van der Waals surface area contributed by atoms with E-state index in [0.717, 1.165) is 29.9 Å². The van der Waals surface area contributed by atoms with E-state index in [4.69, 9.17) is 9.90 Å². The number of amides is 2. The van der Waals surface area contributed by atoms with E-state index < -0.39 is 5.60 Å². The molecule has 42 heavy (non-hydrogen) atoms. The number of benzene rings is 3. The molecule has 7 heteroatoms. The molecular formula is C35H43N3O4. The summed E-state index contributed by atoms with van der Waals surface area (Å²) in [5, 5.41) is 24.8. The van der Waals surface area contributed by atoms with E-state index in [1.54, 1.807) is 11.1 Å². The Bertz CT molecular complexity index is 1220. The van der Waals surface area contributed by atoms with Crippen LogP contribution in [0.25, 0.3) is 0 Å². The molecule has 2 bridgehead atoms. The number of carbonyl (C=O) groups is 2. The van der Waals surface area contributed by atoms with Crippen molar-refractivity contribution in [2.45, 2.75) is 75.1 Å². The molecule has 1 saturated carbocycles. The number of fused-ring (bicyclic) bond motifs is 5. The van der Waals surface area contributed by atoms with Crippen LogP contribution < -0.4 is 10.6 Å². The van der Waals surface area contributed by atoms with Crippen molar-refractivity contribution in [3.8, 4) is 0 Å². The maximum Gasteiger partial charge on any atom is 0.315 e. The van der Waals surface area contributed by atoms with Gasteiger partial charge >= 0.3 is 6.03 Å². The number of carboxylic acid groups (broad SMARTS) is 1. The molecule has 2 aliphatic heterocycles. The third kappa shape index (κ3) is 6.69. The summed E-state index contributed by atoms with van der Waals surface area (Å²) >= 11 is 0. The fourth-order valence-corrected chi connectivity index (χ4v) is 7.37. The van der Waals surface area contributed by atoms with Crippen molar-refractivity contribution in [2.24, 2.45) is 5.92 Å². The summed E-state index contributed by atoms with van der Waals surface area (Å²) in [6.45, 7) is 1.33. The molecule has 0 radical (unpaired) electrons. The predicted molar refractivity (Wildman–Crippen MR) is 164 cm³/mol. The first kappa shape index (κ1) is 29.8. The summed E-state index contributed by atoms with van der Waals surface area (Å²) in [5.74, 6) is 0.751. The summed E-state index contributed by atoms with van der Waals surface area (Å²) in [6, 6.07) is 29.8. The average molecular weight is 570 g/mol. The highest BCUT2D eigenvalue weighted by molar-refractivity contribution is 5.74. The van der Waals surface area contributed by atoms with Gasteiger partial charge in [0.25, 0.3) is 6.47 Å². The largest absolute Gasteiger partial charge is 0.483 e. The third-order valence-electron chi connectivity index (χ3n) is 9.48. The lowest BCUT2D eigenvalue weighted by molar-refractivity contribution is -0.122. The minimum Gasteiger partial charge on any atom is -0.483 e. The molecule has 1 saturated heterocycles. The quantitative estimate of drug-likeness (QED) is 0.232. The van der Waals surface area contributed by atoms with Gasteiger partial charge in [0.15, 0.2) is 0 Å². The van der Waals surface area contributed by atoms with Gasteiger partial charge in [-0.1, -0.05) is 84.9 Å². The van der Waals surface area contributed by atoms with Crippen LogP contribution in [0.2, 0.25) is 0 Å². The Morgan fingerprint density at radius 2 is 1.31 bits per heavy atom. The van der Waals surface area contributed by atoms with E-state index in [-0.39, 0.29) is 18.5 Å². The van der Waals surface area contributed by atoms with E-state index in [2.05, 4.69) is 39.8 Å². The van der Waals surface area contributed by atoms with Crippen molar-refractivity contribution in [3.05, 3.63) is 107 Å². The van der Waals surface area contributed by atoms with Gasteiger partial charge in [0.1, 0.15) is 5.60 Å². The van der Waals surface area contributed by atoms with Crippen LogP contribution in [0.15, 0.2) is 84.9 Å². The Morgan fingerprint density at radius 3 is 1.83 bits per heavy atom. The van der Waals surface area contributed by atoms with Crippen molar-refractivity contribution in [2.75, 3.05) is 13.1 Å². The molecule has 222 valence electrons. The molecule has 7 nitrogen and oxygen atoms in total. The third-order valence-corrected chi connectivity index (χ3v) is 9.48. The zero-order valence-corrected chi connectivity index (χ0v) is 24.2. The lowest BCUT2D eigenvalue weighted by atomic mass is 9.83. The van der Waals surface area contributed by atoms with Gasteiger partial charge in [-0.15, -0.1) is 0 Å². The molecule has 3 aromatic rings. The Labute approximate surface area is 249 Å². The second-order valence-electron chi connectivity index (χ2n) is 11.8. The summed E-state index contributed by atoms with van der Waals surface area (Å²) < 4.78 is 0. The minimum atomic E-state index is -1.15. The molecular weight excluding hydrogens is 526 g/mol. The molecule has 2 fully saturated rings. The minimum absolute atomic E-state index is 0.131. The van der Waals surface area contributed by atoms with Gasteiger partial charge in [-0.3, -0.25) is 9.69 Å². The zero-order chi connectivity index (χ0) is 29.4. The van der Waals surface area contributed by atoms with Gasteiger partial charge in [-0.05, 0) is 79.7 Å². The maximum absolute atomic E-state index is 12.7. The van der Waals surface area contributed by atoms with Gasteiger partial charge < -0.3 is 20.8 Å². The lowest BCUT2D eigenvalue weighted by Crippen LogP contribution is -2.45. The van der Waals surface area contributed by atoms with E-state index in [1.165, 1.54) is 38.6 Å². The van der Waals surface area contributed by atoms with Gasteiger partial charge in [-0.2, -0.15) is 0 Å². The van der Waals surface area contributed by atoms with Crippen LogP contribution in [0.4, 0.5) is 4.79 Å². The smallest absolute Gasteiger partial charge is 0.315 e. The lowest BCUT2D eigenvalue weighted by Gasteiger charge is -2.32. The number of nitrogens with zero attached hydrogens (tertiary/aromatic N) is 1. The first-order valence-corrected chi connectivity index (χ1v) is 15.3. The summed E-state index contributed by atoms with van der Waals surface area (Å²) in [5.41, 5.74) is 3.66. The van der Waals surface area contributed by atoms with Gasteiger partial charge in [0.2, 0.25) is 0 Å². The second-order valence-corrected chi connectivity index (χ2v) is 11.8. The molecule has 6 rings (SSSR count). The molecule has 3 aromatic carbocycles. The molecule has 2 heterocycles. The van der Waals surface area contributed by atoms with Crippen molar-refractivity contribution >= 4 is 12.5 Å². The highest BCUT2D eigenvalue weighted by Gasteiger charge is 2.43. The fraction of sp³-hybridized carbons (Fsp3) is 0.429. The zero-order valence-electron chi connectivity index (χ0n) is 24.2. The highest BCUT2D eigenvalue weighted by Crippen LogP contribution is 2.53. The van der Waals surface area contributed by atoms with Gasteiger partial charge in [0.05, 0.1) is 0 Å². The Balaban J connectivity index is 0.00000113. The molecule has 3 aliphatic rings. The Morgan fingerprint density at radius 1 is 0.810 bits per heavy atom. The number of hydrogen-bond acceptors (Lipinski definition) is 4. The van der Waals surface area contributed by atoms with Crippen LogP contribution in [-0.4, -0.2) is 46.7 Å². The molecule has 0 spiro atoms. The van der Waals surface area contributed by atoms with Crippen molar-refractivity contribution < 1.29 is 19.8 Å². The summed E-state index contributed by atoms with van der Waals surface area (Å²) in [6.07, 6.45) is 8.74. The summed E-state index contributed by atoms with van der Waals surface area (Å²) in [7, 11) is 0. The second kappa shape index (κ2) is 14.0. The highest BCUT2D eigenvalue weighted by atomic mass is 16.3. The number of rotatable bonds is 9. The molecule has 2 amide bonds. The van der Waals surface area contributed by atoms with Crippen molar-refractivity contribution in [3.63, 3.8) is 0 Å². The van der Waals surface area contributed by atoms with E-state index in [9.17, 15) is 9.90 Å². The fourth-order valence-electron chi connectivity index (χ4n) is 7.37. The van der Waals surface area contributed by atoms with Crippen LogP contribution in [-0.2, 0) is 10.4 Å². The Hall–Kier alpha value is -3.68. The van der Waals surface area contributed by atoms with Crippen LogP contribution in [0.1, 0.15) is 85.7 Å². The first-order chi connectivity index (χ1) is 20.5. The number of nitrogens with one attached hydrogen (secondary N) is 2. The predicted octanol–water partition coefficient (Wildman–Crippen LogP) is 6.15. The van der Waals surface area contributed by atoms with E-state index in [0.29, 0.717) is 25.0 Å². The average Bonchev–Trinajstić information content (AvgIpc) is 3.58.